The van der Waals surface area contributed by atoms with Gasteiger partial charge >= 0.3 is 0 Å². The third-order valence-electron chi connectivity index (χ3n) is 2.22. The summed E-state index contributed by atoms with van der Waals surface area (Å²) < 4.78 is 0. The first kappa shape index (κ1) is 12.3. The highest BCUT2D eigenvalue weighted by atomic mass is 16.7. The van der Waals surface area contributed by atoms with Crippen molar-refractivity contribution in [2.75, 3.05) is 31.5 Å². The van der Waals surface area contributed by atoms with Crippen LogP contribution in [-0.2, 0) is 4.84 Å². The Morgan fingerprint density at radius 2 is 2.25 bits per heavy atom. The standard InChI is InChI=1S/C11H17N3O2/c1-4-13-11(15)9-6-5-8(12)7-10(9)14(2)16-3/h5-7H,4,12H2,1-3H3,(H,13,15). The van der Waals surface area contributed by atoms with Gasteiger partial charge in [-0.1, -0.05) is 0 Å². The summed E-state index contributed by atoms with van der Waals surface area (Å²) in [5.41, 5.74) is 7.46. The molecule has 5 nitrogen and oxygen atoms in total. The van der Waals surface area contributed by atoms with Crippen molar-refractivity contribution in [3.63, 3.8) is 0 Å². The zero-order chi connectivity index (χ0) is 12.1. The molecule has 88 valence electrons. The Labute approximate surface area is 95.1 Å². The van der Waals surface area contributed by atoms with E-state index in [1.54, 1.807) is 25.2 Å². The molecule has 0 heterocycles. The van der Waals surface area contributed by atoms with Gasteiger partial charge in [0.15, 0.2) is 0 Å². The lowest BCUT2D eigenvalue weighted by molar-refractivity contribution is 0.0953. The largest absolute Gasteiger partial charge is 0.399 e. The van der Waals surface area contributed by atoms with Crippen molar-refractivity contribution in [3.05, 3.63) is 23.8 Å². The highest BCUT2D eigenvalue weighted by Gasteiger charge is 2.13. The highest BCUT2D eigenvalue weighted by molar-refractivity contribution is 6.00. The Hall–Kier alpha value is -1.75. The summed E-state index contributed by atoms with van der Waals surface area (Å²) in [6.45, 7) is 2.45. The van der Waals surface area contributed by atoms with E-state index in [1.165, 1.54) is 12.2 Å². The summed E-state index contributed by atoms with van der Waals surface area (Å²) in [5.74, 6) is -0.138. The Bertz CT molecular complexity index is 379. The third kappa shape index (κ3) is 2.64. The first-order valence-corrected chi connectivity index (χ1v) is 5.05. The van der Waals surface area contributed by atoms with Crippen molar-refractivity contribution in [2.24, 2.45) is 0 Å². The van der Waals surface area contributed by atoms with Gasteiger partial charge in [0.05, 0.1) is 18.4 Å². The molecule has 0 bridgehead atoms. The van der Waals surface area contributed by atoms with Crippen LogP contribution in [0.25, 0.3) is 0 Å². The smallest absolute Gasteiger partial charge is 0.253 e. The van der Waals surface area contributed by atoms with Gasteiger partial charge in [0.2, 0.25) is 0 Å². The van der Waals surface area contributed by atoms with Gasteiger partial charge in [-0.05, 0) is 25.1 Å². The maximum Gasteiger partial charge on any atom is 0.253 e. The van der Waals surface area contributed by atoms with Gasteiger partial charge in [-0.2, -0.15) is 0 Å². The van der Waals surface area contributed by atoms with Gasteiger partial charge in [-0.15, -0.1) is 0 Å². The van der Waals surface area contributed by atoms with Gasteiger partial charge in [0.1, 0.15) is 0 Å². The second kappa shape index (κ2) is 5.37. The van der Waals surface area contributed by atoms with E-state index in [0.29, 0.717) is 23.5 Å². The molecule has 1 amide bonds. The molecule has 0 aromatic heterocycles. The number of nitrogen functional groups attached to an aromatic ring is 1. The van der Waals surface area contributed by atoms with Gasteiger partial charge in [0.25, 0.3) is 5.91 Å². The van der Waals surface area contributed by atoms with E-state index in [0.717, 1.165) is 0 Å². The molecule has 5 heteroatoms. The number of hydrogen-bond acceptors (Lipinski definition) is 4. The van der Waals surface area contributed by atoms with Crippen LogP contribution in [0, 0.1) is 0 Å². The predicted octanol–water partition coefficient (Wildman–Crippen LogP) is 1.02. The summed E-state index contributed by atoms with van der Waals surface area (Å²) >= 11 is 0. The fourth-order valence-corrected chi connectivity index (χ4v) is 1.36. The van der Waals surface area contributed by atoms with Gasteiger partial charge in [0, 0.05) is 19.3 Å². The lowest BCUT2D eigenvalue weighted by Gasteiger charge is -2.19. The first-order chi connectivity index (χ1) is 7.60. The molecule has 0 unspecified atom stereocenters. The van der Waals surface area contributed by atoms with Crippen molar-refractivity contribution >= 4 is 17.3 Å². The molecule has 0 saturated heterocycles. The van der Waals surface area contributed by atoms with E-state index in [1.807, 2.05) is 6.92 Å². The maximum absolute atomic E-state index is 11.8. The molecule has 1 rings (SSSR count). The van der Waals surface area contributed by atoms with Crippen LogP contribution in [0.4, 0.5) is 11.4 Å². The number of anilines is 2. The van der Waals surface area contributed by atoms with Crippen LogP contribution < -0.4 is 16.1 Å². The number of carbonyl (C=O) groups is 1. The minimum Gasteiger partial charge on any atom is -0.399 e. The molecule has 0 saturated carbocycles. The first-order valence-electron chi connectivity index (χ1n) is 5.05. The number of hydrogen-bond donors (Lipinski definition) is 2. The fourth-order valence-electron chi connectivity index (χ4n) is 1.36. The molecule has 0 radical (unpaired) electrons. The van der Waals surface area contributed by atoms with Gasteiger partial charge < -0.3 is 11.1 Å². The quantitative estimate of drug-likeness (QED) is 0.590. The average molecular weight is 223 g/mol. The predicted molar refractivity (Wildman–Crippen MR) is 64.3 cm³/mol. The number of carbonyl (C=O) groups excluding carboxylic acids is 1. The molecular weight excluding hydrogens is 206 g/mol. The number of nitrogens with one attached hydrogen (secondary N) is 1. The number of rotatable bonds is 4. The van der Waals surface area contributed by atoms with Gasteiger partial charge in [-0.25, -0.2) is 0 Å². The zero-order valence-electron chi connectivity index (χ0n) is 9.78. The summed E-state index contributed by atoms with van der Waals surface area (Å²) in [6.07, 6.45) is 0. The molecule has 1 aromatic carbocycles. The van der Waals surface area contributed by atoms with Crippen molar-refractivity contribution in [1.82, 2.24) is 5.32 Å². The summed E-state index contributed by atoms with van der Waals surface area (Å²) in [4.78, 5) is 16.8. The maximum atomic E-state index is 11.8. The lowest BCUT2D eigenvalue weighted by Crippen LogP contribution is -2.26. The van der Waals surface area contributed by atoms with E-state index in [4.69, 9.17) is 10.6 Å². The van der Waals surface area contributed by atoms with E-state index in [2.05, 4.69) is 5.32 Å². The van der Waals surface area contributed by atoms with Crippen LogP contribution in [0.15, 0.2) is 18.2 Å². The van der Waals surface area contributed by atoms with Crippen LogP contribution >= 0.6 is 0 Å². The van der Waals surface area contributed by atoms with Crippen LogP contribution in [0.5, 0.6) is 0 Å². The summed E-state index contributed by atoms with van der Waals surface area (Å²) in [7, 11) is 3.25. The fraction of sp³-hybridized carbons (Fsp3) is 0.364. The molecular formula is C11H17N3O2. The minimum absolute atomic E-state index is 0.138. The Morgan fingerprint density at radius 3 is 2.81 bits per heavy atom. The molecule has 0 fully saturated rings. The number of benzene rings is 1. The highest BCUT2D eigenvalue weighted by Crippen LogP contribution is 2.22. The van der Waals surface area contributed by atoms with Gasteiger partial charge in [-0.3, -0.25) is 14.7 Å². The van der Waals surface area contributed by atoms with E-state index in [9.17, 15) is 4.79 Å². The molecule has 1 aromatic rings. The monoisotopic (exact) mass is 223 g/mol. The molecule has 16 heavy (non-hydrogen) atoms. The normalized spacial score (nSPS) is 9.94. The van der Waals surface area contributed by atoms with Crippen LogP contribution in [0.1, 0.15) is 17.3 Å². The van der Waals surface area contributed by atoms with E-state index < -0.39 is 0 Å². The van der Waals surface area contributed by atoms with Crippen LogP contribution in [-0.4, -0.2) is 26.6 Å². The van der Waals surface area contributed by atoms with Crippen molar-refractivity contribution < 1.29 is 9.63 Å². The lowest BCUT2D eigenvalue weighted by atomic mass is 10.1. The van der Waals surface area contributed by atoms with Crippen molar-refractivity contribution in [3.8, 4) is 0 Å². The average Bonchev–Trinajstić information content (AvgIpc) is 2.28. The second-order valence-corrected chi connectivity index (χ2v) is 3.32. The topological polar surface area (TPSA) is 67.6 Å². The zero-order valence-corrected chi connectivity index (χ0v) is 9.78. The summed E-state index contributed by atoms with van der Waals surface area (Å²) in [5, 5.41) is 4.24. The Morgan fingerprint density at radius 1 is 1.56 bits per heavy atom. The molecule has 0 aliphatic carbocycles. The molecule has 0 aliphatic rings. The summed E-state index contributed by atoms with van der Waals surface area (Å²) in [6, 6.07) is 5.08. The molecule has 0 spiro atoms. The minimum atomic E-state index is -0.138. The van der Waals surface area contributed by atoms with E-state index >= 15 is 0 Å². The van der Waals surface area contributed by atoms with Crippen molar-refractivity contribution in [1.29, 1.82) is 0 Å². The third-order valence-corrected chi connectivity index (χ3v) is 2.22. The Kier molecular flexibility index (Phi) is 4.13. The number of nitrogens with two attached hydrogens (primary N) is 1. The van der Waals surface area contributed by atoms with E-state index in [-0.39, 0.29) is 5.91 Å². The SMILES string of the molecule is CCNC(=O)c1ccc(N)cc1N(C)OC. The van der Waals surface area contributed by atoms with Crippen LogP contribution in [0.2, 0.25) is 0 Å². The molecule has 0 atom stereocenters. The van der Waals surface area contributed by atoms with Crippen LogP contribution in [0.3, 0.4) is 0 Å². The Balaban J connectivity index is 3.12. The number of nitrogens with zero attached hydrogens (tertiary/aromatic N) is 1. The number of hydroxylamine groups is 1. The number of amides is 1. The van der Waals surface area contributed by atoms with Crippen molar-refractivity contribution in [2.45, 2.75) is 6.92 Å². The molecule has 3 N–H and O–H groups in total. The second-order valence-electron chi connectivity index (χ2n) is 3.32. The molecule has 0 aliphatic heterocycles.